The number of fused-ring (bicyclic) bond motifs is 2. The van der Waals surface area contributed by atoms with Gasteiger partial charge in [0.05, 0.1) is 30.2 Å². The molecule has 1 aliphatic carbocycles. The van der Waals surface area contributed by atoms with Crippen molar-refractivity contribution in [2.45, 2.75) is 83.6 Å². The number of hydrogen-bond acceptors (Lipinski definition) is 5. The minimum atomic E-state index is -0.845. The molecule has 3 N–H and O–H groups in total. The van der Waals surface area contributed by atoms with Gasteiger partial charge >= 0.3 is 0 Å². The van der Waals surface area contributed by atoms with Crippen molar-refractivity contribution < 1.29 is 24.5 Å². The number of aryl methyl sites for hydroxylation is 1. The number of anilines is 1. The second-order valence-corrected chi connectivity index (χ2v) is 11.8. The van der Waals surface area contributed by atoms with Crippen LogP contribution in [0.5, 0.6) is 11.5 Å². The highest BCUT2D eigenvalue weighted by Crippen LogP contribution is 2.52. The lowest BCUT2D eigenvalue weighted by Crippen LogP contribution is -2.29. The van der Waals surface area contributed by atoms with Crippen LogP contribution in [0.2, 0.25) is 0 Å². The number of carbonyl (C=O) groups is 1. The third-order valence-electron chi connectivity index (χ3n) is 7.21. The maximum atomic E-state index is 13.5. The Labute approximate surface area is 212 Å². The van der Waals surface area contributed by atoms with Crippen molar-refractivity contribution >= 4 is 22.5 Å². The number of nitrogens with one attached hydrogen (secondary N) is 1. The van der Waals surface area contributed by atoms with Gasteiger partial charge in [-0.15, -0.1) is 0 Å². The van der Waals surface area contributed by atoms with E-state index in [2.05, 4.69) is 36.7 Å². The van der Waals surface area contributed by atoms with Crippen LogP contribution in [0, 0.1) is 6.92 Å². The molecule has 1 atom stereocenters. The van der Waals surface area contributed by atoms with Crippen LogP contribution in [0.15, 0.2) is 36.4 Å². The van der Waals surface area contributed by atoms with Crippen molar-refractivity contribution in [1.29, 1.82) is 0 Å². The summed E-state index contributed by atoms with van der Waals surface area (Å²) >= 11 is 0. The summed E-state index contributed by atoms with van der Waals surface area (Å²) in [6.07, 6.45) is 0.724. The Morgan fingerprint density at radius 2 is 1.81 bits per heavy atom. The van der Waals surface area contributed by atoms with Crippen LogP contribution in [-0.4, -0.2) is 39.2 Å². The maximum absolute atomic E-state index is 13.5. The first kappa shape index (κ1) is 24.7. The fraction of sp³-hybridized carbons (Fsp3) is 0.483. The lowest BCUT2D eigenvalue weighted by Gasteiger charge is -2.24. The summed E-state index contributed by atoms with van der Waals surface area (Å²) in [6.45, 7) is 12.2. The Morgan fingerprint density at radius 3 is 2.44 bits per heavy atom. The quantitative estimate of drug-likeness (QED) is 0.461. The molecule has 1 aliphatic heterocycles. The third kappa shape index (κ3) is 4.24. The van der Waals surface area contributed by atoms with Crippen LogP contribution in [0.4, 0.5) is 5.69 Å². The average molecular weight is 493 g/mol. The van der Waals surface area contributed by atoms with E-state index in [-0.39, 0.29) is 17.9 Å². The summed E-state index contributed by atoms with van der Waals surface area (Å²) < 4.78 is 13.8. The molecular formula is C29H36N2O5. The highest BCUT2D eigenvalue weighted by atomic mass is 16.7. The molecule has 1 fully saturated rings. The van der Waals surface area contributed by atoms with Gasteiger partial charge in [-0.2, -0.15) is 0 Å². The zero-order valence-electron chi connectivity index (χ0n) is 21.9. The Kier molecular flexibility index (Phi) is 5.65. The van der Waals surface area contributed by atoms with Crippen molar-refractivity contribution in [3.8, 4) is 11.5 Å². The zero-order valence-corrected chi connectivity index (χ0v) is 21.9. The molecule has 0 unspecified atom stereocenters. The van der Waals surface area contributed by atoms with E-state index in [4.69, 9.17) is 9.47 Å². The van der Waals surface area contributed by atoms with Gasteiger partial charge in [-0.05, 0) is 61.2 Å². The Morgan fingerprint density at radius 1 is 1.11 bits per heavy atom. The summed E-state index contributed by atoms with van der Waals surface area (Å²) in [4.78, 5) is 13.5. The third-order valence-corrected chi connectivity index (χ3v) is 7.21. The molecule has 7 nitrogen and oxygen atoms in total. The van der Waals surface area contributed by atoms with E-state index in [1.54, 1.807) is 0 Å². The van der Waals surface area contributed by atoms with Gasteiger partial charge in [-0.25, -0.2) is 0 Å². The monoisotopic (exact) mass is 492 g/mol. The number of rotatable bonds is 6. The smallest absolute Gasteiger partial charge is 0.246 e. The van der Waals surface area contributed by atoms with Crippen LogP contribution in [0.3, 0.4) is 0 Å². The maximum Gasteiger partial charge on any atom is 0.246 e. The van der Waals surface area contributed by atoms with Crippen LogP contribution in [-0.2, 0) is 22.2 Å². The molecule has 2 aromatic carbocycles. The molecule has 36 heavy (non-hydrogen) atoms. The second kappa shape index (κ2) is 8.25. The van der Waals surface area contributed by atoms with Gasteiger partial charge in [0.25, 0.3) is 0 Å². The number of benzene rings is 2. The predicted octanol–water partition coefficient (Wildman–Crippen LogP) is 4.78. The normalized spacial score (nSPS) is 18.3. The molecule has 192 valence electrons. The molecule has 0 spiro atoms. The summed E-state index contributed by atoms with van der Waals surface area (Å²) in [5.74, 6) is 0.648. The summed E-state index contributed by atoms with van der Waals surface area (Å²) in [6, 6.07) is 11.9. The number of carbonyl (C=O) groups excluding carboxylic acids is 1. The van der Waals surface area contributed by atoms with Gasteiger partial charge in [-0.1, -0.05) is 26.8 Å². The number of aromatic nitrogens is 1. The Balaban J connectivity index is 1.45. The standard InChI is InChI=1S/C29H36N2O5/c1-17-11-20(12-18-13-24(27(2,3)4)31(25(17)18)15-21(33)16-32)30-26(34)29(9-10-29)19-7-8-22-23(14-19)36-28(5,6)35-22/h7-8,11-14,21,32-33H,9-10,15-16H2,1-6H3,(H,30,34)/t21-/m1/s1. The fourth-order valence-corrected chi connectivity index (χ4v) is 5.33. The first-order valence-electron chi connectivity index (χ1n) is 12.6. The van der Waals surface area contributed by atoms with Crippen molar-refractivity contribution in [3.63, 3.8) is 0 Å². The lowest BCUT2D eigenvalue weighted by molar-refractivity contribution is -0.118. The molecule has 3 aromatic rings. The number of aliphatic hydroxyl groups is 2. The largest absolute Gasteiger partial charge is 0.449 e. The summed E-state index contributed by atoms with van der Waals surface area (Å²) in [7, 11) is 0. The molecule has 0 saturated heterocycles. The van der Waals surface area contributed by atoms with E-state index in [1.165, 1.54) is 0 Å². The lowest BCUT2D eigenvalue weighted by atomic mass is 9.92. The number of nitrogens with zero attached hydrogens (tertiary/aromatic N) is 1. The van der Waals surface area contributed by atoms with E-state index < -0.39 is 17.3 Å². The summed E-state index contributed by atoms with van der Waals surface area (Å²) in [5.41, 5.74) is 4.04. The number of aliphatic hydroxyl groups excluding tert-OH is 2. The number of ether oxygens (including phenoxy) is 2. The van der Waals surface area contributed by atoms with Crippen molar-refractivity contribution in [1.82, 2.24) is 4.57 Å². The van der Waals surface area contributed by atoms with Gasteiger partial charge in [0.1, 0.15) is 0 Å². The average Bonchev–Trinajstić information content (AvgIpc) is 3.41. The zero-order chi connectivity index (χ0) is 26.0. The number of amides is 1. The molecule has 1 aromatic heterocycles. The van der Waals surface area contributed by atoms with E-state index in [1.807, 2.05) is 51.1 Å². The van der Waals surface area contributed by atoms with Gasteiger partial charge < -0.3 is 29.6 Å². The van der Waals surface area contributed by atoms with E-state index in [0.29, 0.717) is 18.0 Å². The van der Waals surface area contributed by atoms with Crippen molar-refractivity contribution in [2.75, 3.05) is 11.9 Å². The van der Waals surface area contributed by atoms with Gasteiger partial charge in [0.15, 0.2) is 11.5 Å². The molecule has 1 saturated carbocycles. The Hall–Kier alpha value is -3.03. The van der Waals surface area contributed by atoms with Crippen LogP contribution in [0.25, 0.3) is 10.9 Å². The Bertz CT molecular complexity index is 1340. The predicted molar refractivity (Wildman–Crippen MR) is 140 cm³/mol. The van der Waals surface area contributed by atoms with Crippen LogP contribution in [0.1, 0.15) is 64.3 Å². The van der Waals surface area contributed by atoms with E-state index >= 15 is 0 Å². The molecule has 0 radical (unpaired) electrons. The van der Waals surface area contributed by atoms with Crippen molar-refractivity contribution in [3.05, 3.63) is 53.2 Å². The number of hydrogen-bond donors (Lipinski definition) is 3. The minimum absolute atomic E-state index is 0.0226. The molecule has 2 aliphatic rings. The van der Waals surface area contributed by atoms with E-state index in [0.717, 1.165) is 46.3 Å². The van der Waals surface area contributed by atoms with Crippen LogP contribution >= 0.6 is 0 Å². The highest BCUT2D eigenvalue weighted by molar-refractivity contribution is 6.03. The second-order valence-electron chi connectivity index (χ2n) is 11.8. The minimum Gasteiger partial charge on any atom is -0.449 e. The molecular weight excluding hydrogens is 456 g/mol. The highest BCUT2D eigenvalue weighted by Gasteiger charge is 2.52. The molecule has 2 heterocycles. The molecule has 5 rings (SSSR count). The van der Waals surface area contributed by atoms with Crippen LogP contribution < -0.4 is 14.8 Å². The molecule has 1 amide bonds. The van der Waals surface area contributed by atoms with Gasteiger partial charge in [0, 0.05) is 36.0 Å². The first-order valence-corrected chi connectivity index (χ1v) is 12.6. The van der Waals surface area contributed by atoms with E-state index in [9.17, 15) is 15.0 Å². The molecule has 0 bridgehead atoms. The topological polar surface area (TPSA) is 93.0 Å². The fourth-order valence-electron chi connectivity index (χ4n) is 5.33. The summed E-state index contributed by atoms with van der Waals surface area (Å²) in [5, 5.41) is 23.8. The van der Waals surface area contributed by atoms with Gasteiger partial charge in [-0.3, -0.25) is 4.79 Å². The first-order chi connectivity index (χ1) is 16.8. The van der Waals surface area contributed by atoms with Crippen molar-refractivity contribution in [2.24, 2.45) is 0 Å². The SMILES string of the molecule is Cc1cc(NC(=O)C2(c3ccc4c(c3)OC(C)(C)O4)CC2)cc2cc(C(C)(C)C)n(C[C@@H](O)CO)c12. The van der Waals surface area contributed by atoms with Gasteiger partial charge in [0.2, 0.25) is 11.7 Å². The molecule has 7 heteroatoms.